The van der Waals surface area contributed by atoms with Crippen LogP contribution in [0.2, 0.25) is 0 Å². The van der Waals surface area contributed by atoms with Gasteiger partial charge >= 0.3 is 0 Å². The fraction of sp³-hybridized carbons (Fsp3) is 0.600. The summed E-state index contributed by atoms with van der Waals surface area (Å²) in [6, 6.07) is 4.98. The molecule has 0 saturated carbocycles. The largest absolute Gasteiger partial charge is 0.379 e. The first-order valence-electron chi connectivity index (χ1n) is 6.45. The van der Waals surface area contributed by atoms with Gasteiger partial charge in [-0.15, -0.1) is 0 Å². The summed E-state index contributed by atoms with van der Waals surface area (Å²) in [6.45, 7) is 7.96. The first-order valence-corrected chi connectivity index (χ1v) is 6.45. The molecule has 0 amide bonds. The Hall–Kier alpha value is -0.930. The van der Waals surface area contributed by atoms with Gasteiger partial charge < -0.3 is 10.1 Å². The van der Waals surface area contributed by atoms with Crippen molar-refractivity contribution < 1.29 is 9.13 Å². The Morgan fingerprint density at radius 2 is 2.00 bits per heavy atom. The molecule has 0 spiro atoms. The van der Waals surface area contributed by atoms with E-state index in [-0.39, 0.29) is 11.4 Å². The molecule has 0 bridgehead atoms. The van der Waals surface area contributed by atoms with Crippen LogP contribution in [0.15, 0.2) is 18.2 Å². The summed E-state index contributed by atoms with van der Waals surface area (Å²) in [5.41, 5.74) is 2.16. The van der Waals surface area contributed by atoms with E-state index >= 15 is 0 Å². The third-order valence-electron chi connectivity index (χ3n) is 3.33. The van der Waals surface area contributed by atoms with Crippen molar-refractivity contribution in [1.29, 1.82) is 0 Å². The standard InChI is InChI=1S/C15H24FNO/c1-12-11-14(16)6-5-13(12)7-9-17-10-8-15(2,3)18-4/h5-6,11,17H,7-10H2,1-4H3. The van der Waals surface area contributed by atoms with E-state index in [1.807, 2.05) is 13.0 Å². The third-order valence-corrected chi connectivity index (χ3v) is 3.33. The normalized spacial score (nSPS) is 11.8. The van der Waals surface area contributed by atoms with E-state index < -0.39 is 0 Å². The molecular formula is C15H24FNO. The van der Waals surface area contributed by atoms with Crippen molar-refractivity contribution in [1.82, 2.24) is 5.32 Å². The molecular weight excluding hydrogens is 229 g/mol. The molecule has 0 saturated heterocycles. The number of nitrogens with one attached hydrogen (secondary N) is 1. The van der Waals surface area contributed by atoms with Crippen molar-refractivity contribution >= 4 is 0 Å². The Labute approximate surface area is 110 Å². The van der Waals surface area contributed by atoms with E-state index in [9.17, 15) is 4.39 Å². The second-order valence-electron chi connectivity index (χ2n) is 5.28. The van der Waals surface area contributed by atoms with Crippen LogP contribution in [0, 0.1) is 12.7 Å². The van der Waals surface area contributed by atoms with Gasteiger partial charge in [0.25, 0.3) is 0 Å². The molecule has 0 fully saturated rings. The van der Waals surface area contributed by atoms with E-state index in [2.05, 4.69) is 19.2 Å². The molecule has 18 heavy (non-hydrogen) atoms. The Bertz CT molecular complexity index is 377. The summed E-state index contributed by atoms with van der Waals surface area (Å²) in [5, 5.41) is 3.39. The van der Waals surface area contributed by atoms with Crippen molar-refractivity contribution in [2.24, 2.45) is 0 Å². The van der Waals surface area contributed by atoms with Gasteiger partial charge in [0, 0.05) is 7.11 Å². The minimum absolute atomic E-state index is 0.0706. The predicted molar refractivity (Wildman–Crippen MR) is 73.4 cm³/mol. The number of halogens is 1. The van der Waals surface area contributed by atoms with Gasteiger partial charge in [-0.2, -0.15) is 0 Å². The van der Waals surface area contributed by atoms with Crippen LogP contribution < -0.4 is 5.32 Å². The molecule has 0 unspecified atom stereocenters. The van der Waals surface area contributed by atoms with Crippen LogP contribution >= 0.6 is 0 Å². The lowest BCUT2D eigenvalue weighted by Gasteiger charge is -2.22. The zero-order valence-corrected chi connectivity index (χ0v) is 11.8. The topological polar surface area (TPSA) is 21.3 Å². The highest BCUT2D eigenvalue weighted by atomic mass is 19.1. The van der Waals surface area contributed by atoms with Crippen LogP contribution in [-0.4, -0.2) is 25.8 Å². The van der Waals surface area contributed by atoms with Crippen LogP contribution in [0.4, 0.5) is 4.39 Å². The van der Waals surface area contributed by atoms with Gasteiger partial charge in [0.05, 0.1) is 5.60 Å². The molecule has 0 aliphatic carbocycles. The summed E-state index contributed by atoms with van der Waals surface area (Å²) in [4.78, 5) is 0. The fourth-order valence-electron chi connectivity index (χ4n) is 1.78. The van der Waals surface area contributed by atoms with Crippen LogP contribution in [0.5, 0.6) is 0 Å². The van der Waals surface area contributed by atoms with Crippen LogP contribution in [0.25, 0.3) is 0 Å². The average molecular weight is 253 g/mol. The minimum Gasteiger partial charge on any atom is -0.379 e. The van der Waals surface area contributed by atoms with Gasteiger partial charge in [-0.25, -0.2) is 4.39 Å². The Morgan fingerprint density at radius 1 is 1.28 bits per heavy atom. The summed E-state index contributed by atoms with van der Waals surface area (Å²) in [5.74, 6) is -0.161. The SMILES string of the molecule is COC(C)(C)CCNCCc1ccc(F)cc1C. The maximum atomic E-state index is 12.9. The molecule has 0 atom stereocenters. The van der Waals surface area contributed by atoms with Gasteiger partial charge in [0.1, 0.15) is 5.82 Å². The van der Waals surface area contributed by atoms with Crippen molar-refractivity contribution in [3.8, 4) is 0 Å². The predicted octanol–water partition coefficient (Wildman–Crippen LogP) is 3.08. The summed E-state index contributed by atoms with van der Waals surface area (Å²) < 4.78 is 18.3. The zero-order chi connectivity index (χ0) is 13.6. The number of hydrogen-bond acceptors (Lipinski definition) is 2. The van der Waals surface area contributed by atoms with E-state index in [4.69, 9.17) is 4.74 Å². The monoisotopic (exact) mass is 253 g/mol. The number of benzene rings is 1. The van der Waals surface area contributed by atoms with Gasteiger partial charge in [-0.1, -0.05) is 6.07 Å². The molecule has 0 aliphatic heterocycles. The Balaban J connectivity index is 2.26. The molecule has 102 valence electrons. The molecule has 0 aromatic heterocycles. The zero-order valence-electron chi connectivity index (χ0n) is 11.8. The lowest BCUT2D eigenvalue weighted by molar-refractivity contribution is 0.0159. The Morgan fingerprint density at radius 3 is 2.61 bits per heavy atom. The van der Waals surface area contributed by atoms with Gasteiger partial charge in [0.2, 0.25) is 0 Å². The van der Waals surface area contributed by atoms with E-state index in [1.54, 1.807) is 13.2 Å². The molecule has 1 N–H and O–H groups in total. The third kappa shape index (κ3) is 5.15. The van der Waals surface area contributed by atoms with Gasteiger partial charge in [-0.05, 0) is 70.0 Å². The quantitative estimate of drug-likeness (QED) is 0.754. The number of rotatable bonds is 7. The lowest BCUT2D eigenvalue weighted by atomic mass is 10.0. The maximum Gasteiger partial charge on any atom is 0.123 e. The van der Waals surface area contributed by atoms with E-state index in [0.29, 0.717) is 0 Å². The van der Waals surface area contributed by atoms with Gasteiger partial charge in [0.15, 0.2) is 0 Å². The summed E-state index contributed by atoms with van der Waals surface area (Å²) in [6.07, 6.45) is 1.91. The first-order chi connectivity index (χ1) is 8.44. The lowest BCUT2D eigenvalue weighted by Crippen LogP contribution is -2.29. The van der Waals surface area contributed by atoms with Crippen LogP contribution in [-0.2, 0) is 11.2 Å². The highest BCUT2D eigenvalue weighted by molar-refractivity contribution is 5.26. The average Bonchev–Trinajstić information content (AvgIpc) is 2.31. The molecule has 1 rings (SSSR count). The minimum atomic E-state index is -0.161. The molecule has 0 heterocycles. The highest BCUT2D eigenvalue weighted by Crippen LogP contribution is 2.12. The second-order valence-corrected chi connectivity index (χ2v) is 5.28. The van der Waals surface area contributed by atoms with Gasteiger partial charge in [-0.3, -0.25) is 0 Å². The van der Waals surface area contributed by atoms with Crippen molar-refractivity contribution in [2.75, 3.05) is 20.2 Å². The smallest absolute Gasteiger partial charge is 0.123 e. The summed E-state index contributed by atoms with van der Waals surface area (Å²) >= 11 is 0. The molecule has 1 aromatic carbocycles. The van der Waals surface area contributed by atoms with Crippen molar-refractivity contribution in [3.63, 3.8) is 0 Å². The fourth-order valence-corrected chi connectivity index (χ4v) is 1.78. The first kappa shape index (κ1) is 15.1. The Kier molecular flexibility index (Phi) is 5.76. The number of aryl methyl sites for hydroxylation is 1. The van der Waals surface area contributed by atoms with Crippen molar-refractivity contribution in [3.05, 3.63) is 35.1 Å². The van der Waals surface area contributed by atoms with Crippen LogP contribution in [0.1, 0.15) is 31.4 Å². The molecule has 2 nitrogen and oxygen atoms in total. The highest BCUT2D eigenvalue weighted by Gasteiger charge is 2.14. The van der Waals surface area contributed by atoms with Crippen LogP contribution in [0.3, 0.4) is 0 Å². The summed E-state index contributed by atoms with van der Waals surface area (Å²) in [7, 11) is 1.74. The molecule has 3 heteroatoms. The second kappa shape index (κ2) is 6.86. The van der Waals surface area contributed by atoms with E-state index in [0.717, 1.165) is 31.5 Å². The van der Waals surface area contributed by atoms with E-state index in [1.165, 1.54) is 11.6 Å². The number of methoxy groups -OCH3 is 1. The maximum absolute atomic E-state index is 12.9. The molecule has 0 aliphatic rings. The number of hydrogen-bond donors (Lipinski definition) is 1. The molecule has 1 aromatic rings. The van der Waals surface area contributed by atoms with Crippen molar-refractivity contribution in [2.45, 2.75) is 39.2 Å². The molecule has 0 radical (unpaired) electrons. The number of ether oxygens (including phenoxy) is 1.